The van der Waals surface area contributed by atoms with E-state index >= 15 is 0 Å². The molecule has 0 radical (unpaired) electrons. The number of nitrogens with two attached hydrogens (primary N) is 1. The van der Waals surface area contributed by atoms with Crippen LogP contribution < -0.4 is 5.73 Å². The highest BCUT2D eigenvalue weighted by Crippen LogP contribution is 2.32. The molecule has 2 aromatic rings. The van der Waals surface area contributed by atoms with Crippen molar-refractivity contribution < 1.29 is 9.21 Å². The summed E-state index contributed by atoms with van der Waals surface area (Å²) in [7, 11) is 3.41. The number of anilines is 1. The molecule has 1 amide bonds. The molecule has 6 heteroatoms. The predicted octanol–water partition coefficient (Wildman–Crippen LogP) is 2.42. The van der Waals surface area contributed by atoms with Crippen LogP contribution in [0.3, 0.4) is 0 Å². The first kappa shape index (κ1) is 13.5. The fourth-order valence-corrected chi connectivity index (χ4v) is 2.29. The van der Waals surface area contributed by atoms with Gasteiger partial charge in [-0.15, -0.1) is 0 Å². The smallest absolute Gasteiger partial charge is 0.260 e. The lowest BCUT2D eigenvalue weighted by Gasteiger charge is -2.11. The van der Waals surface area contributed by atoms with E-state index in [1.54, 1.807) is 38.6 Å². The minimum absolute atomic E-state index is 0.0739. The molecule has 0 saturated carbocycles. The number of aromatic nitrogens is 1. The number of carbonyl (C=O) groups is 1. The molecule has 1 heterocycles. The lowest BCUT2D eigenvalue weighted by molar-refractivity contribution is 0.0827. The van der Waals surface area contributed by atoms with E-state index < -0.39 is 0 Å². The van der Waals surface area contributed by atoms with Crippen LogP contribution in [0.25, 0.3) is 0 Å². The van der Waals surface area contributed by atoms with Gasteiger partial charge in [0.05, 0.1) is 5.69 Å². The third kappa shape index (κ3) is 3.08. The first-order valence-electron chi connectivity index (χ1n) is 5.68. The number of aryl methyl sites for hydroxylation is 1. The summed E-state index contributed by atoms with van der Waals surface area (Å²) in [4.78, 5) is 18.3. The number of hydrogen-bond acceptors (Lipinski definition) is 5. The van der Waals surface area contributed by atoms with E-state index in [-0.39, 0.29) is 5.91 Å². The largest absolute Gasteiger partial charge is 0.439 e. The van der Waals surface area contributed by atoms with E-state index in [1.165, 1.54) is 16.7 Å². The maximum Gasteiger partial charge on any atom is 0.260 e. The Morgan fingerprint density at radius 3 is 2.68 bits per heavy atom. The molecule has 5 nitrogen and oxygen atoms in total. The Labute approximate surface area is 115 Å². The van der Waals surface area contributed by atoms with Crippen molar-refractivity contribution in [2.24, 2.45) is 0 Å². The molecule has 0 spiro atoms. The maximum absolute atomic E-state index is 11.8. The van der Waals surface area contributed by atoms with E-state index in [0.29, 0.717) is 16.5 Å². The van der Waals surface area contributed by atoms with Crippen LogP contribution in [0.1, 0.15) is 16.1 Å². The molecule has 19 heavy (non-hydrogen) atoms. The molecule has 2 rings (SSSR count). The van der Waals surface area contributed by atoms with Crippen molar-refractivity contribution in [3.05, 3.63) is 35.7 Å². The topological polar surface area (TPSA) is 72.4 Å². The standard InChI is InChI=1S/C13H15N3O2S/c1-8-7-18-13(15-8)19-11-5-4-9(6-10(11)14)12(17)16(2)3/h4-7H,14H2,1-3H3. The van der Waals surface area contributed by atoms with Crippen molar-refractivity contribution in [1.82, 2.24) is 9.88 Å². The SMILES string of the molecule is Cc1coc(Sc2ccc(C(=O)N(C)C)cc2N)n1. The van der Waals surface area contributed by atoms with Crippen molar-refractivity contribution in [2.75, 3.05) is 19.8 Å². The number of hydrogen-bond donors (Lipinski definition) is 1. The minimum atomic E-state index is -0.0739. The van der Waals surface area contributed by atoms with Crippen LogP contribution in [0.15, 0.2) is 39.0 Å². The number of nitrogens with zero attached hydrogens (tertiary/aromatic N) is 2. The molecular weight excluding hydrogens is 262 g/mol. The van der Waals surface area contributed by atoms with E-state index in [0.717, 1.165) is 10.6 Å². The highest BCUT2D eigenvalue weighted by Gasteiger charge is 2.12. The van der Waals surface area contributed by atoms with Gasteiger partial charge in [-0.25, -0.2) is 4.98 Å². The van der Waals surface area contributed by atoms with Gasteiger partial charge in [-0.3, -0.25) is 4.79 Å². The number of carbonyl (C=O) groups excluding carboxylic acids is 1. The lowest BCUT2D eigenvalue weighted by Crippen LogP contribution is -2.21. The van der Waals surface area contributed by atoms with E-state index in [1.807, 2.05) is 6.92 Å². The van der Waals surface area contributed by atoms with Gasteiger partial charge in [0.1, 0.15) is 6.26 Å². The third-order valence-electron chi connectivity index (χ3n) is 2.46. The molecule has 0 aliphatic rings. The van der Waals surface area contributed by atoms with Gasteiger partial charge < -0.3 is 15.1 Å². The molecule has 0 unspecified atom stereocenters. The zero-order chi connectivity index (χ0) is 14.0. The van der Waals surface area contributed by atoms with Crippen molar-refractivity contribution >= 4 is 23.4 Å². The van der Waals surface area contributed by atoms with Crippen molar-refractivity contribution in [2.45, 2.75) is 17.0 Å². The Hall–Kier alpha value is -1.95. The van der Waals surface area contributed by atoms with E-state index in [2.05, 4.69) is 4.98 Å². The van der Waals surface area contributed by atoms with Gasteiger partial charge in [0, 0.05) is 30.2 Å². The van der Waals surface area contributed by atoms with Crippen LogP contribution >= 0.6 is 11.8 Å². The van der Waals surface area contributed by atoms with Gasteiger partial charge in [0.2, 0.25) is 0 Å². The fraction of sp³-hybridized carbons (Fsp3) is 0.231. The Balaban J connectivity index is 2.22. The summed E-state index contributed by atoms with van der Waals surface area (Å²) in [5.74, 6) is -0.0739. The number of nitrogen functional groups attached to an aromatic ring is 1. The Bertz CT molecular complexity index is 608. The van der Waals surface area contributed by atoms with Crippen LogP contribution in [0.5, 0.6) is 0 Å². The molecule has 0 aliphatic carbocycles. The van der Waals surface area contributed by atoms with Gasteiger partial charge in [-0.05, 0) is 36.9 Å². The summed E-state index contributed by atoms with van der Waals surface area (Å²) in [5, 5.41) is 0.538. The Morgan fingerprint density at radius 2 is 2.16 bits per heavy atom. The van der Waals surface area contributed by atoms with Gasteiger partial charge in [-0.1, -0.05) is 0 Å². The molecule has 0 bridgehead atoms. The molecule has 2 N–H and O–H groups in total. The van der Waals surface area contributed by atoms with E-state index in [4.69, 9.17) is 10.2 Å². The predicted molar refractivity (Wildman–Crippen MR) is 74.2 cm³/mol. The van der Waals surface area contributed by atoms with Crippen LogP contribution in [-0.4, -0.2) is 29.9 Å². The molecule has 100 valence electrons. The average molecular weight is 277 g/mol. The molecule has 0 atom stereocenters. The van der Waals surface area contributed by atoms with Gasteiger partial charge >= 0.3 is 0 Å². The number of amides is 1. The van der Waals surface area contributed by atoms with Crippen LogP contribution in [0.4, 0.5) is 5.69 Å². The second-order valence-electron chi connectivity index (χ2n) is 4.31. The maximum atomic E-state index is 11.8. The molecular formula is C13H15N3O2S. The number of oxazole rings is 1. The van der Waals surface area contributed by atoms with Crippen molar-refractivity contribution in [1.29, 1.82) is 0 Å². The first-order valence-corrected chi connectivity index (χ1v) is 6.50. The highest BCUT2D eigenvalue weighted by molar-refractivity contribution is 7.99. The summed E-state index contributed by atoms with van der Waals surface area (Å²) < 4.78 is 5.26. The third-order valence-corrected chi connectivity index (χ3v) is 3.41. The molecule has 0 saturated heterocycles. The lowest BCUT2D eigenvalue weighted by atomic mass is 10.2. The molecule has 1 aromatic heterocycles. The summed E-state index contributed by atoms with van der Waals surface area (Å²) >= 11 is 1.34. The average Bonchev–Trinajstić information content (AvgIpc) is 2.76. The summed E-state index contributed by atoms with van der Waals surface area (Å²) in [5.41, 5.74) is 7.87. The zero-order valence-corrected chi connectivity index (χ0v) is 11.8. The van der Waals surface area contributed by atoms with Crippen LogP contribution in [0, 0.1) is 6.92 Å². The van der Waals surface area contributed by atoms with Crippen molar-refractivity contribution in [3.63, 3.8) is 0 Å². The highest BCUT2D eigenvalue weighted by atomic mass is 32.2. The quantitative estimate of drug-likeness (QED) is 0.872. The summed E-state index contributed by atoms with van der Waals surface area (Å²) in [6.45, 7) is 1.86. The van der Waals surface area contributed by atoms with Crippen LogP contribution in [-0.2, 0) is 0 Å². The first-order chi connectivity index (χ1) is 8.97. The number of benzene rings is 1. The zero-order valence-electron chi connectivity index (χ0n) is 11.0. The van der Waals surface area contributed by atoms with E-state index in [9.17, 15) is 4.79 Å². The minimum Gasteiger partial charge on any atom is -0.439 e. The summed E-state index contributed by atoms with van der Waals surface area (Å²) in [6, 6.07) is 5.22. The Kier molecular flexibility index (Phi) is 3.80. The van der Waals surface area contributed by atoms with Crippen molar-refractivity contribution in [3.8, 4) is 0 Å². The summed E-state index contributed by atoms with van der Waals surface area (Å²) in [6.07, 6.45) is 1.59. The second-order valence-corrected chi connectivity index (χ2v) is 5.30. The Morgan fingerprint density at radius 1 is 1.42 bits per heavy atom. The normalized spacial score (nSPS) is 10.5. The van der Waals surface area contributed by atoms with Crippen LogP contribution in [0.2, 0.25) is 0 Å². The fourth-order valence-electron chi connectivity index (χ4n) is 1.51. The molecule has 0 aliphatic heterocycles. The molecule has 1 aromatic carbocycles. The second kappa shape index (κ2) is 5.36. The van der Waals surface area contributed by atoms with Gasteiger partial charge in [0.15, 0.2) is 0 Å². The molecule has 0 fully saturated rings. The monoisotopic (exact) mass is 277 g/mol. The number of rotatable bonds is 3. The van der Waals surface area contributed by atoms with Gasteiger partial charge in [0.25, 0.3) is 11.1 Å². The van der Waals surface area contributed by atoms with Gasteiger partial charge in [-0.2, -0.15) is 0 Å².